The number of rotatable bonds is 8. The molecule has 2 aromatic carbocycles. The number of carbonyl (C=O) groups excluding carboxylic acids is 2. The Balaban J connectivity index is 1.48. The summed E-state index contributed by atoms with van der Waals surface area (Å²) in [7, 11) is 0. The largest absolute Gasteiger partial charge is 0.484 e. The van der Waals surface area contributed by atoms with Gasteiger partial charge in [-0.1, -0.05) is 31.2 Å². The van der Waals surface area contributed by atoms with E-state index in [1.54, 1.807) is 30.6 Å². The summed E-state index contributed by atoms with van der Waals surface area (Å²) < 4.78 is 5.51. The summed E-state index contributed by atoms with van der Waals surface area (Å²) in [6.07, 6.45) is 4.10. The van der Waals surface area contributed by atoms with Crippen LogP contribution in [0.3, 0.4) is 0 Å². The lowest BCUT2D eigenvalue weighted by molar-refractivity contribution is -0.123. The molecule has 0 atom stereocenters. The molecule has 3 aromatic rings. The minimum absolute atomic E-state index is 0.0516. The first kappa shape index (κ1) is 20.1. The fourth-order valence-electron chi connectivity index (χ4n) is 2.69. The smallest absolute Gasteiger partial charge is 0.258 e. The lowest BCUT2D eigenvalue weighted by Crippen LogP contribution is -2.28. The van der Waals surface area contributed by atoms with Crippen LogP contribution in [0.2, 0.25) is 0 Å². The number of anilines is 1. The summed E-state index contributed by atoms with van der Waals surface area (Å²) in [6.45, 7) is 2.38. The van der Waals surface area contributed by atoms with E-state index in [1.165, 1.54) is 5.56 Å². The van der Waals surface area contributed by atoms with Gasteiger partial charge in [0, 0.05) is 30.2 Å². The number of ether oxygens (including phenoxy) is 1. The van der Waals surface area contributed by atoms with Crippen LogP contribution in [-0.4, -0.2) is 23.4 Å². The van der Waals surface area contributed by atoms with Crippen molar-refractivity contribution in [1.29, 1.82) is 0 Å². The number of nitrogens with zero attached hydrogens (tertiary/aromatic N) is 1. The average Bonchev–Trinajstić information content (AvgIpc) is 2.77. The lowest BCUT2D eigenvalue weighted by atomic mass is 10.2. The fraction of sp³-hybridized carbons (Fsp3) is 0.174. The van der Waals surface area contributed by atoms with E-state index in [9.17, 15) is 9.59 Å². The number of aryl methyl sites for hydroxylation is 1. The Morgan fingerprint density at radius 1 is 0.966 bits per heavy atom. The van der Waals surface area contributed by atoms with E-state index in [-0.39, 0.29) is 18.4 Å². The summed E-state index contributed by atoms with van der Waals surface area (Å²) in [6, 6.07) is 18.3. The van der Waals surface area contributed by atoms with Gasteiger partial charge in [-0.3, -0.25) is 14.6 Å². The van der Waals surface area contributed by atoms with E-state index in [1.807, 2.05) is 42.5 Å². The first-order valence-corrected chi connectivity index (χ1v) is 9.43. The highest BCUT2D eigenvalue weighted by Crippen LogP contribution is 2.13. The first-order valence-electron chi connectivity index (χ1n) is 9.43. The molecule has 29 heavy (non-hydrogen) atoms. The summed E-state index contributed by atoms with van der Waals surface area (Å²) in [5.74, 6) is 0.241. The molecule has 1 aromatic heterocycles. The maximum absolute atomic E-state index is 12.2. The molecule has 6 heteroatoms. The Labute approximate surface area is 169 Å². The Morgan fingerprint density at radius 3 is 2.45 bits per heavy atom. The maximum Gasteiger partial charge on any atom is 0.258 e. The highest BCUT2D eigenvalue weighted by molar-refractivity contribution is 6.04. The Kier molecular flexibility index (Phi) is 6.95. The fourth-order valence-corrected chi connectivity index (χ4v) is 2.69. The number of aromatic nitrogens is 1. The van der Waals surface area contributed by atoms with Crippen molar-refractivity contribution in [3.63, 3.8) is 0 Å². The monoisotopic (exact) mass is 389 g/mol. The summed E-state index contributed by atoms with van der Waals surface area (Å²) in [5, 5.41) is 5.66. The molecule has 2 amide bonds. The summed E-state index contributed by atoms with van der Waals surface area (Å²) >= 11 is 0. The van der Waals surface area contributed by atoms with Crippen LogP contribution in [0.1, 0.15) is 28.4 Å². The Morgan fingerprint density at radius 2 is 1.72 bits per heavy atom. The normalized spacial score (nSPS) is 10.2. The van der Waals surface area contributed by atoms with Crippen LogP contribution < -0.4 is 15.4 Å². The van der Waals surface area contributed by atoms with Crippen LogP contribution >= 0.6 is 0 Å². The molecule has 0 radical (unpaired) electrons. The van der Waals surface area contributed by atoms with Gasteiger partial charge in [0.2, 0.25) is 0 Å². The second-order valence-electron chi connectivity index (χ2n) is 6.45. The molecule has 0 aliphatic rings. The van der Waals surface area contributed by atoms with Gasteiger partial charge in [0.1, 0.15) is 5.75 Å². The van der Waals surface area contributed by atoms with Crippen molar-refractivity contribution in [2.24, 2.45) is 0 Å². The number of pyridine rings is 1. The molecule has 0 bridgehead atoms. The predicted octanol–water partition coefficient (Wildman–Crippen LogP) is 3.59. The van der Waals surface area contributed by atoms with Gasteiger partial charge in [0.25, 0.3) is 11.8 Å². The topological polar surface area (TPSA) is 80.3 Å². The first-order chi connectivity index (χ1) is 14.1. The molecule has 0 aliphatic heterocycles. The van der Waals surface area contributed by atoms with Crippen molar-refractivity contribution < 1.29 is 14.3 Å². The Hall–Kier alpha value is -3.67. The van der Waals surface area contributed by atoms with Gasteiger partial charge in [0.15, 0.2) is 6.61 Å². The molecule has 0 aliphatic carbocycles. The van der Waals surface area contributed by atoms with Crippen molar-refractivity contribution in [3.05, 3.63) is 89.7 Å². The molecule has 0 fully saturated rings. The molecule has 6 nitrogen and oxygen atoms in total. The number of carbonyl (C=O) groups is 2. The molecule has 2 N–H and O–H groups in total. The third-order valence-electron chi connectivity index (χ3n) is 4.32. The van der Waals surface area contributed by atoms with Gasteiger partial charge in [-0.2, -0.15) is 0 Å². The van der Waals surface area contributed by atoms with Crippen molar-refractivity contribution in [2.45, 2.75) is 19.9 Å². The third kappa shape index (κ3) is 6.17. The highest BCUT2D eigenvalue weighted by atomic mass is 16.5. The number of amides is 2. The van der Waals surface area contributed by atoms with Crippen LogP contribution in [0.4, 0.5) is 5.69 Å². The van der Waals surface area contributed by atoms with Gasteiger partial charge in [-0.05, 0) is 53.9 Å². The Bertz CT molecular complexity index is 957. The zero-order chi connectivity index (χ0) is 20.5. The number of benzene rings is 2. The van der Waals surface area contributed by atoms with Crippen LogP contribution in [0, 0.1) is 0 Å². The van der Waals surface area contributed by atoms with Crippen LogP contribution in [0.5, 0.6) is 5.75 Å². The quantitative estimate of drug-likeness (QED) is 0.617. The molecule has 0 saturated carbocycles. The average molecular weight is 389 g/mol. The highest BCUT2D eigenvalue weighted by Gasteiger charge is 2.07. The summed E-state index contributed by atoms with van der Waals surface area (Å²) in [5.41, 5.74) is 3.28. The zero-order valence-corrected chi connectivity index (χ0v) is 16.2. The zero-order valence-electron chi connectivity index (χ0n) is 16.2. The molecule has 3 rings (SSSR count). The lowest BCUT2D eigenvalue weighted by Gasteiger charge is -2.10. The minimum atomic E-state index is -0.212. The van der Waals surface area contributed by atoms with Gasteiger partial charge in [0.05, 0.1) is 0 Å². The molecule has 0 saturated heterocycles. The minimum Gasteiger partial charge on any atom is -0.484 e. The van der Waals surface area contributed by atoms with Gasteiger partial charge in [-0.25, -0.2) is 0 Å². The van der Waals surface area contributed by atoms with E-state index < -0.39 is 0 Å². The van der Waals surface area contributed by atoms with Crippen LogP contribution in [0.25, 0.3) is 0 Å². The number of hydrogen-bond acceptors (Lipinski definition) is 4. The molecule has 148 valence electrons. The van der Waals surface area contributed by atoms with Crippen LogP contribution in [0.15, 0.2) is 73.1 Å². The van der Waals surface area contributed by atoms with Gasteiger partial charge < -0.3 is 15.4 Å². The van der Waals surface area contributed by atoms with E-state index in [4.69, 9.17) is 4.74 Å². The van der Waals surface area contributed by atoms with E-state index in [0.29, 0.717) is 23.5 Å². The predicted molar refractivity (Wildman–Crippen MR) is 112 cm³/mol. The number of hydrogen-bond donors (Lipinski definition) is 2. The molecule has 1 heterocycles. The van der Waals surface area contributed by atoms with Crippen LogP contribution in [-0.2, 0) is 17.8 Å². The van der Waals surface area contributed by atoms with E-state index in [2.05, 4.69) is 22.5 Å². The van der Waals surface area contributed by atoms with Crippen molar-refractivity contribution in [1.82, 2.24) is 10.3 Å². The molecular formula is C23H23N3O3. The maximum atomic E-state index is 12.2. The summed E-state index contributed by atoms with van der Waals surface area (Å²) in [4.78, 5) is 28.2. The second kappa shape index (κ2) is 10.0. The SMILES string of the molecule is CCc1ccc(OCC(=O)NCc2cccc(NC(=O)c3ccncc3)c2)cc1. The van der Waals surface area contributed by atoms with Crippen molar-refractivity contribution in [3.8, 4) is 5.75 Å². The molecular weight excluding hydrogens is 366 g/mol. The van der Waals surface area contributed by atoms with Gasteiger partial charge >= 0.3 is 0 Å². The van der Waals surface area contributed by atoms with Crippen molar-refractivity contribution in [2.75, 3.05) is 11.9 Å². The molecule has 0 spiro atoms. The van der Waals surface area contributed by atoms with E-state index in [0.717, 1.165) is 12.0 Å². The van der Waals surface area contributed by atoms with E-state index >= 15 is 0 Å². The van der Waals surface area contributed by atoms with Crippen molar-refractivity contribution >= 4 is 17.5 Å². The second-order valence-corrected chi connectivity index (χ2v) is 6.45. The molecule has 0 unspecified atom stereocenters. The number of nitrogens with one attached hydrogen (secondary N) is 2. The third-order valence-corrected chi connectivity index (χ3v) is 4.32. The van der Waals surface area contributed by atoms with Gasteiger partial charge in [-0.15, -0.1) is 0 Å². The standard InChI is InChI=1S/C23H23N3O3/c1-2-17-6-8-21(9-7-17)29-16-22(27)25-15-18-4-3-5-20(14-18)26-23(28)19-10-12-24-13-11-19/h3-14H,2,15-16H2,1H3,(H,25,27)(H,26,28).